The van der Waals surface area contributed by atoms with Gasteiger partial charge in [-0.1, -0.05) is 12.1 Å². The fraction of sp³-hybridized carbons (Fsp3) is 0.235. The van der Waals surface area contributed by atoms with Gasteiger partial charge in [0.25, 0.3) is 15.9 Å². The van der Waals surface area contributed by atoms with Crippen LogP contribution in [0.25, 0.3) is 0 Å². The van der Waals surface area contributed by atoms with Gasteiger partial charge in [-0.15, -0.1) is 0 Å². The van der Waals surface area contributed by atoms with Gasteiger partial charge in [-0.25, -0.2) is 8.42 Å². The van der Waals surface area contributed by atoms with Crippen LogP contribution in [0.1, 0.15) is 16.7 Å². The first-order valence-electron chi connectivity index (χ1n) is 7.43. The second-order valence-corrected chi connectivity index (χ2v) is 7.55. The third-order valence-electron chi connectivity index (χ3n) is 3.73. The minimum absolute atomic E-state index is 0.145. The van der Waals surface area contributed by atoms with Crippen molar-refractivity contribution in [1.29, 1.82) is 0 Å². The number of amides is 1. The van der Waals surface area contributed by atoms with E-state index in [0.717, 1.165) is 11.1 Å². The highest BCUT2D eigenvalue weighted by molar-refractivity contribution is 7.92. The van der Waals surface area contributed by atoms with Crippen molar-refractivity contribution >= 4 is 27.3 Å². The Morgan fingerprint density at radius 3 is 2.58 bits per heavy atom. The number of rotatable bonds is 3. The molecule has 2 aromatic carbocycles. The zero-order chi connectivity index (χ0) is 17.5. The number of carbonyl (C=O) groups is 1. The van der Waals surface area contributed by atoms with Gasteiger partial charge in [0.1, 0.15) is 0 Å². The quantitative estimate of drug-likeness (QED) is 0.895. The van der Waals surface area contributed by atoms with Crippen molar-refractivity contribution in [1.82, 2.24) is 0 Å². The Labute approximate surface area is 140 Å². The molecule has 0 bridgehead atoms. The molecule has 24 heavy (non-hydrogen) atoms. The second-order valence-electron chi connectivity index (χ2n) is 5.90. The molecule has 2 aromatic rings. The van der Waals surface area contributed by atoms with E-state index in [2.05, 4.69) is 10.0 Å². The Morgan fingerprint density at radius 1 is 1.08 bits per heavy atom. The molecular formula is C17H18N2O4S. The van der Waals surface area contributed by atoms with Crippen molar-refractivity contribution in [2.45, 2.75) is 25.7 Å². The maximum absolute atomic E-state index is 12.8. The topological polar surface area (TPSA) is 84.5 Å². The molecule has 1 amide bonds. The Hall–Kier alpha value is -2.54. The van der Waals surface area contributed by atoms with E-state index < -0.39 is 10.0 Å². The lowest BCUT2D eigenvalue weighted by molar-refractivity contribution is -0.118. The van der Waals surface area contributed by atoms with Crippen LogP contribution in [0.5, 0.6) is 5.75 Å². The van der Waals surface area contributed by atoms with Gasteiger partial charge in [0.2, 0.25) is 0 Å². The number of nitrogens with one attached hydrogen (secondary N) is 2. The molecular weight excluding hydrogens is 328 g/mol. The third kappa shape index (κ3) is 3.07. The number of carbonyl (C=O) groups excluding carboxylic acids is 1. The molecule has 0 aliphatic carbocycles. The second kappa shape index (κ2) is 5.83. The smallest absolute Gasteiger partial charge is 0.262 e. The van der Waals surface area contributed by atoms with E-state index in [0.29, 0.717) is 22.7 Å². The minimum atomic E-state index is -3.77. The molecule has 0 saturated carbocycles. The largest absolute Gasteiger partial charge is 0.479 e. The Morgan fingerprint density at radius 2 is 1.83 bits per heavy atom. The number of ether oxygens (including phenoxy) is 1. The minimum Gasteiger partial charge on any atom is -0.479 e. The normalized spacial score (nSPS) is 13.7. The molecule has 3 rings (SSSR count). The summed E-state index contributed by atoms with van der Waals surface area (Å²) in [5, 5.41) is 2.69. The average Bonchev–Trinajstić information content (AvgIpc) is 2.48. The number of anilines is 2. The first kappa shape index (κ1) is 16.3. The van der Waals surface area contributed by atoms with E-state index in [1.54, 1.807) is 31.2 Å². The van der Waals surface area contributed by atoms with Gasteiger partial charge >= 0.3 is 0 Å². The molecule has 0 aromatic heterocycles. The summed E-state index contributed by atoms with van der Waals surface area (Å²) in [4.78, 5) is 11.7. The monoisotopic (exact) mass is 346 g/mol. The standard InChI is InChI=1S/C17H18N2O4S/c1-10-4-5-12(3)15(8-10)24(21,22)19-14-7-11(2)6-13-17(14)23-9-16(20)18-13/h4-8,19H,9H2,1-3H3,(H,18,20). The number of fused-ring (bicyclic) bond motifs is 1. The maximum Gasteiger partial charge on any atom is 0.262 e. The first-order valence-corrected chi connectivity index (χ1v) is 8.92. The zero-order valence-corrected chi connectivity index (χ0v) is 14.5. The number of benzene rings is 2. The average molecular weight is 346 g/mol. The molecule has 0 fully saturated rings. The van der Waals surface area contributed by atoms with Gasteiger partial charge < -0.3 is 10.1 Å². The van der Waals surface area contributed by atoms with Gasteiger partial charge in [0.05, 0.1) is 16.3 Å². The molecule has 126 valence electrons. The van der Waals surface area contributed by atoms with Crippen LogP contribution in [0, 0.1) is 20.8 Å². The van der Waals surface area contributed by atoms with Gasteiger partial charge in [-0.05, 0) is 55.7 Å². The summed E-state index contributed by atoms with van der Waals surface area (Å²) in [5.41, 5.74) is 3.09. The van der Waals surface area contributed by atoms with Crippen LogP contribution in [0.2, 0.25) is 0 Å². The molecule has 1 aliphatic heterocycles. The van der Waals surface area contributed by atoms with Gasteiger partial charge in [-0.2, -0.15) is 0 Å². The number of hydrogen-bond acceptors (Lipinski definition) is 4. The van der Waals surface area contributed by atoms with Crippen molar-refractivity contribution in [3.63, 3.8) is 0 Å². The SMILES string of the molecule is Cc1cc2c(c(NS(=O)(=O)c3cc(C)ccc3C)c1)OCC(=O)N2. The van der Waals surface area contributed by atoms with Crippen LogP contribution in [-0.4, -0.2) is 20.9 Å². The molecule has 2 N–H and O–H groups in total. The molecule has 6 nitrogen and oxygen atoms in total. The molecule has 1 heterocycles. The predicted octanol–water partition coefficient (Wildman–Crippen LogP) is 2.74. The lowest BCUT2D eigenvalue weighted by atomic mass is 10.1. The van der Waals surface area contributed by atoms with E-state index in [1.807, 2.05) is 19.9 Å². The molecule has 0 radical (unpaired) electrons. The maximum atomic E-state index is 12.8. The Bertz CT molecular complexity index is 936. The molecule has 0 spiro atoms. The summed E-state index contributed by atoms with van der Waals surface area (Å²) in [5.74, 6) is 0.0607. The van der Waals surface area contributed by atoms with E-state index in [4.69, 9.17) is 4.74 Å². The fourth-order valence-corrected chi connectivity index (χ4v) is 4.00. The fourth-order valence-electron chi connectivity index (χ4n) is 2.62. The molecule has 1 aliphatic rings. The van der Waals surface area contributed by atoms with Crippen molar-refractivity contribution in [3.8, 4) is 5.75 Å². The van der Waals surface area contributed by atoms with Crippen LogP contribution in [0.3, 0.4) is 0 Å². The summed E-state index contributed by atoms with van der Waals surface area (Å²) >= 11 is 0. The van der Waals surface area contributed by atoms with Crippen LogP contribution in [0.4, 0.5) is 11.4 Å². The number of aryl methyl sites for hydroxylation is 3. The van der Waals surface area contributed by atoms with Crippen LogP contribution in [0.15, 0.2) is 35.2 Å². The highest BCUT2D eigenvalue weighted by atomic mass is 32.2. The van der Waals surface area contributed by atoms with Gasteiger partial charge in [0.15, 0.2) is 12.4 Å². The van der Waals surface area contributed by atoms with E-state index in [9.17, 15) is 13.2 Å². The first-order chi connectivity index (χ1) is 11.3. The Kier molecular flexibility index (Phi) is 3.96. The highest BCUT2D eigenvalue weighted by Gasteiger charge is 2.24. The highest BCUT2D eigenvalue weighted by Crippen LogP contribution is 2.38. The van der Waals surface area contributed by atoms with Crippen LogP contribution < -0.4 is 14.8 Å². The summed E-state index contributed by atoms with van der Waals surface area (Å²) in [6.07, 6.45) is 0. The van der Waals surface area contributed by atoms with E-state index >= 15 is 0 Å². The van der Waals surface area contributed by atoms with Crippen LogP contribution >= 0.6 is 0 Å². The zero-order valence-electron chi connectivity index (χ0n) is 13.6. The number of hydrogen-bond donors (Lipinski definition) is 2. The van der Waals surface area contributed by atoms with E-state index in [-0.39, 0.29) is 17.4 Å². The number of sulfonamides is 1. The Balaban J connectivity index is 2.05. The van der Waals surface area contributed by atoms with Crippen molar-refractivity contribution in [3.05, 3.63) is 47.0 Å². The third-order valence-corrected chi connectivity index (χ3v) is 5.24. The lowest BCUT2D eigenvalue weighted by Crippen LogP contribution is -2.26. The van der Waals surface area contributed by atoms with Crippen LogP contribution in [-0.2, 0) is 14.8 Å². The van der Waals surface area contributed by atoms with E-state index in [1.165, 1.54) is 0 Å². The van der Waals surface area contributed by atoms with Gasteiger partial charge in [0, 0.05) is 0 Å². The summed E-state index contributed by atoms with van der Waals surface area (Å²) in [6.45, 7) is 5.26. The predicted molar refractivity (Wildman–Crippen MR) is 92.0 cm³/mol. The molecule has 0 atom stereocenters. The van der Waals surface area contributed by atoms with Crippen molar-refractivity contribution < 1.29 is 17.9 Å². The lowest BCUT2D eigenvalue weighted by Gasteiger charge is -2.22. The molecule has 7 heteroatoms. The van der Waals surface area contributed by atoms with Crippen molar-refractivity contribution in [2.24, 2.45) is 0 Å². The molecule has 0 saturated heterocycles. The summed E-state index contributed by atoms with van der Waals surface area (Å²) in [7, 11) is -3.77. The molecule has 0 unspecified atom stereocenters. The van der Waals surface area contributed by atoms with Gasteiger partial charge in [-0.3, -0.25) is 9.52 Å². The summed E-state index contributed by atoms with van der Waals surface area (Å²) < 4.78 is 33.6. The van der Waals surface area contributed by atoms with Crippen molar-refractivity contribution in [2.75, 3.05) is 16.6 Å². The summed E-state index contributed by atoms with van der Waals surface area (Å²) in [6, 6.07) is 8.68.